The second-order valence-corrected chi connectivity index (χ2v) is 5.24. The van der Waals surface area contributed by atoms with Crippen molar-refractivity contribution < 1.29 is 9.84 Å². The van der Waals surface area contributed by atoms with E-state index in [9.17, 15) is 0 Å². The van der Waals surface area contributed by atoms with E-state index in [0.717, 1.165) is 38.9 Å². The van der Waals surface area contributed by atoms with E-state index in [1.54, 1.807) is 0 Å². The highest BCUT2D eigenvalue weighted by Gasteiger charge is 2.19. The van der Waals surface area contributed by atoms with Gasteiger partial charge < -0.3 is 9.84 Å². The summed E-state index contributed by atoms with van der Waals surface area (Å²) in [5.41, 5.74) is 2.80. The highest BCUT2D eigenvalue weighted by molar-refractivity contribution is 5.22. The van der Waals surface area contributed by atoms with Gasteiger partial charge in [-0.1, -0.05) is 31.2 Å². The van der Waals surface area contributed by atoms with Crippen LogP contribution >= 0.6 is 0 Å². The zero-order valence-corrected chi connectivity index (χ0v) is 11.8. The Morgan fingerprint density at radius 1 is 1.16 bits per heavy atom. The molecule has 1 saturated heterocycles. The summed E-state index contributed by atoms with van der Waals surface area (Å²) in [6.45, 7) is 6.01. The van der Waals surface area contributed by atoms with E-state index in [4.69, 9.17) is 9.84 Å². The molecule has 3 heteroatoms. The Kier molecular flexibility index (Phi) is 5.83. The van der Waals surface area contributed by atoms with Crippen molar-refractivity contribution in [3.05, 3.63) is 35.4 Å². The SMILES string of the molecule is CCc1ccc(CN2CCC(OCCO)CC2)cc1. The summed E-state index contributed by atoms with van der Waals surface area (Å²) >= 11 is 0. The molecule has 0 spiro atoms. The molecule has 1 fully saturated rings. The lowest BCUT2D eigenvalue weighted by molar-refractivity contribution is -0.00901. The van der Waals surface area contributed by atoms with Crippen molar-refractivity contribution in [1.29, 1.82) is 0 Å². The Labute approximate surface area is 116 Å². The molecule has 0 saturated carbocycles. The third-order valence-corrected chi connectivity index (χ3v) is 3.82. The fraction of sp³-hybridized carbons (Fsp3) is 0.625. The average molecular weight is 263 g/mol. The van der Waals surface area contributed by atoms with E-state index in [1.165, 1.54) is 11.1 Å². The molecule has 0 bridgehead atoms. The Morgan fingerprint density at radius 2 is 1.79 bits per heavy atom. The quantitative estimate of drug-likeness (QED) is 0.854. The Morgan fingerprint density at radius 3 is 2.37 bits per heavy atom. The molecule has 0 radical (unpaired) electrons. The van der Waals surface area contributed by atoms with Crippen LogP contribution in [0.25, 0.3) is 0 Å². The summed E-state index contributed by atoms with van der Waals surface area (Å²) in [6, 6.07) is 8.94. The highest BCUT2D eigenvalue weighted by Crippen LogP contribution is 2.16. The molecule has 1 N–H and O–H groups in total. The minimum atomic E-state index is 0.129. The van der Waals surface area contributed by atoms with Gasteiger partial charge >= 0.3 is 0 Å². The molecular formula is C16H25NO2. The van der Waals surface area contributed by atoms with Crippen molar-refractivity contribution in [2.75, 3.05) is 26.3 Å². The minimum absolute atomic E-state index is 0.129. The first kappa shape index (κ1) is 14.5. The van der Waals surface area contributed by atoms with Gasteiger partial charge in [-0.3, -0.25) is 4.90 Å². The maximum absolute atomic E-state index is 8.75. The second-order valence-electron chi connectivity index (χ2n) is 5.24. The van der Waals surface area contributed by atoms with Crippen molar-refractivity contribution in [3.63, 3.8) is 0 Å². The summed E-state index contributed by atoms with van der Waals surface area (Å²) < 4.78 is 5.58. The van der Waals surface area contributed by atoms with Crippen molar-refractivity contribution in [1.82, 2.24) is 4.90 Å². The maximum atomic E-state index is 8.75. The Balaban J connectivity index is 1.75. The molecule has 1 heterocycles. The van der Waals surface area contributed by atoms with Gasteiger partial charge in [0, 0.05) is 19.6 Å². The molecule has 1 aromatic carbocycles. The number of aryl methyl sites for hydroxylation is 1. The molecule has 1 aliphatic rings. The molecule has 0 amide bonds. The molecule has 0 unspecified atom stereocenters. The lowest BCUT2D eigenvalue weighted by Crippen LogP contribution is -2.36. The monoisotopic (exact) mass is 263 g/mol. The van der Waals surface area contributed by atoms with E-state index in [2.05, 4.69) is 36.1 Å². The van der Waals surface area contributed by atoms with Crippen LogP contribution in [-0.2, 0) is 17.7 Å². The van der Waals surface area contributed by atoms with Crippen LogP contribution in [0.5, 0.6) is 0 Å². The van der Waals surface area contributed by atoms with Crippen molar-refractivity contribution >= 4 is 0 Å². The van der Waals surface area contributed by atoms with Crippen molar-refractivity contribution in [2.24, 2.45) is 0 Å². The van der Waals surface area contributed by atoms with Gasteiger partial charge in [0.1, 0.15) is 0 Å². The Bertz CT molecular complexity index is 356. The third-order valence-electron chi connectivity index (χ3n) is 3.82. The standard InChI is InChI=1S/C16H25NO2/c1-2-14-3-5-15(6-4-14)13-17-9-7-16(8-10-17)19-12-11-18/h3-6,16,18H,2,7-13H2,1H3. The smallest absolute Gasteiger partial charge is 0.0701 e. The lowest BCUT2D eigenvalue weighted by Gasteiger charge is -2.31. The molecule has 106 valence electrons. The molecule has 2 rings (SSSR count). The van der Waals surface area contributed by atoms with Crippen molar-refractivity contribution in [3.8, 4) is 0 Å². The first-order valence-electron chi connectivity index (χ1n) is 7.34. The van der Waals surface area contributed by atoms with Crippen LogP contribution in [0, 0.1) is 0 Å². The lowest BCUT2D eigenvalue weighted by atomic mass is 10.1. The number of aliphatic hydroxyl groups is 1. The normalized spacial score (nSPS) is 17.8. The number of piperidine rings is 1. The summed E-state index contributed by atoms with van der Waals surface area (Å²) in [6.07, 6.45) is 3.60. The van der Waals surface area contributed by atoms with Gasteiger partial charge in [0.15, 0.2) is 0 Å². The van der Waals surface area contributed by atoms with Gasteiger partial charge in [-0.05, 0) is 30.4 Å². The fourth-order valence-electron chi connectivity index (χ4n) is 2.59. The van der Waals surface area contributed by atoms with E-state index < -0.39 is 0 Å². The maximum Gasteiger partial charge on any atom is 0.0701 e. The van der Waals surface area contributed by atoms with Gasteiger partial charge in [-0.15, -0.1) is 0 Å². The van der Waals surface area contributed by atoms with E-state index in [-0.39, 0.29) is 6.61 Å². The van der Waals surface area contributed by atoms with Gasteiger partial charge in [0.05, 0.1) is 19.3 Å². The van der Waals surface area contributed by atoms with Gasteiger partial charge in [-0.2, -0.15) is 0 Å². The van der Waals surface area contributed by atoms with Crippen molar-refractivity contribution in [2.45, 2.75) is 38.8 Å². The number of hydrogen-bond donors (Lipinski definition) is 1. The minimum Gasteiger partial charge on any atom is -0.394 e. The molecule has 0 aliphatic carbocycles. The van der Waals surface area contributed by atoms with Crippen LogP contribution in [0.15, 0.2) is 24.3 Å². The summed E-state index contributed by atoms with van der Waals surface area (Å²) in [4.78, 5) is 2.49. The molecular weight excluding hydrogens is 238 g/mol. The zero-order valence-electron chi connectivity index (χ0n) is 11.8. The molecule has 3 nitrogen and oxygen atoms in total. The molecule has 1 aromatic rings. The predicted molar refractivity (Wildman–Crippen MR) is 77.2 cm³/mol. The summed E-state index contributed by atoms with van der Waals surface area (Å²) in [7, 11) is 0. The first-order valence-corrected chi connectivity index (χ1v) is 7.34. The largest absolute Gasteiger partial charge is 0.394 e. The molecule has 0 aromatic heterocycles. The number of ether oxygens (including phenoxy) is 1. The average Bonchev–Trinajstić information content (AvgIpc) is 2.47. The Hall–Kier alpha value is -0.900. The van der Waals surface area contributed by atoms with E-state index in [0.29, 0.717) is 12.7 Å². The number of benzene rings is 1. The zero-order chi connectivity index (χ0) is 13.5. The van der Waals surface area contributed by atoms with Crippen LogP contribution in [0.4, 0.5) is 0 Å². The van der Waals surface area contributed by atoms with Crippen LogP contribution in [0.1, 0.15) is 30.9 Å². The molecule has 1 aliphatic heterocycles. The topological polar surface area (TPSA) is 32.7 Å². The van der Waals surface area contributed by atoms with Gasteiger partial charge in [-0.25, -0.2) is 0 Å². The number of nitrogens with zero attached hydrogens (tertiary/aromatic N) is 1. The number of likely N-dealkylation sites (tertiary alicyclic amines) is 1. The molecule has 19 heavy (non-hydrogen) atoms. The van der Waals surface area contributed by atoms with Gasteiger partial charge in [0.25, 0.3) is 0 Å². The predicted octanol–water partition coefficient (Wildman–Crippen LogP) is 2.22. The van der Waals surface area contributed by atoms with Gasteiger partial charge in [0.2, 0.25) is 0 Å². The first-order chi connectivity index (χ1) is 9.31. The van der Waals surface area contributed by atoms with Crippen LogP contribution in [-0.4, -0.2) is 42.4 Å². The van der Waals surface area contributed by atoms with E-state index >= 15 is 0 Å². The molecule has 0 atom stereocenters. The van der Waals surface area contributed by atoms with E-state index in [1.807, 2.05) is 0 Å². The number of aliphatic hydroxyl groups excluding tert-OH is 1. The van der Waals surface area contributed by atoms with Crippen LogP contribution in [0.2, 0.25) is 0 Å². The fourth-order valence-corrected chi connectivity index (χ4v) is 2.59. The third kappa shape index (κ3) is 4.60. The second kappa shape index (κ2) is 7.63. The van der Waals surface area contributed by atoms with Crippen LogP contribution < -0.4 is 0 Å². The number of rotatable bonds is 6. The summed E-state index contributed by atoms with van der Waals surface area (Å²) in [5.74, 6) is 0. The highest BCUT2D eigenvalue weighted by atomic mass is 16.5. The number of hydrogen-bond acceptors (Lipinski definition) is 3. The van der Waals surface area contributed by atoms with Crippen LogP contribution in [0.3, 0.4) is 0 Å². The summed E-state index contributed by atoms with van der Waals surface area (Å²) in [5, 5.41) is 8.75.